The van der Waals surface area contributed by atoms with E-state index in [0.717, 1.165) is 19.3 Å². The maximum Gasteiger partial charge on any atom is 0.435 e. The van der Waals surface area contributed by atoms with E-state index in [1.165, 1.54) is 10.9 Å². The third kappa shape index (κ3) is 2.34. The Morgan fingerprint density at radius 2 is 2.04 bits per heavy atom. The van der Waals surface area contributed by atoms with Gasteiger partial charge in [-0.1, -0.05) is 0 Å². The number of amides is 1. The molecule has 2 N–H and O–H groups in total. The predicted molar refractivity (Wildman–Crippen MR) is 74.9 cm³/mol. The van der Waals surface area contributed by atoms with Crippen molar-refractivity contribution in [2.24, 2.45) is 23.5 Å². The highest BCUT2D eigenvalue weighted by atomic mass is 19.4. The minimum absolute atomic E-state index is 0.00837. The molecular formula is C15H19F3N4O. The third-order valence-corrected chi connectivity index (χ3v) is 5.70. The molecule has 8 heteroatoms. The molecule has 1 amide bonds. The zero-order valence-electron chi connectivity index (χ0n) is 12.6. The Morgan fingerprint density at radius 3 is 2.70 bits per heavy atom. The molecule has 0 spiro atoms. The van der Waals surface area contributed by atoms with Crippen molar-refractivity contribution in [3.8, 4) is 0 Å². The fraction of sp³-hybridized carbons (Fsp3) is 0.733. The molecule has 1 aromatic rings. The highest BCUT2D eigenvalue weighted by Crippen LogP contribution is 2.49. The van der Waals surface area contributed by atoms with Crippen molar-refractivity contribution in [3.63, 3.8) is 0 Å². The van der Waals surface area contributed by atoms with E-state index in [2.05, 4.69) is 4.98 Å². The summed E-state index contributed by atoms with van der Waals surface area (Å²) in [5.41, 5.74) is 5.18. The molecule has 2 saturated carbocycles. The average Bonchev–Trinajstić information content (AvgIpc) is 3.06. The van der Waals surface area contributed by atoms with Crippen molar-refractivity contribution in [1.82, 2.24) is 14.5 Å². The van der Waals surface area contributed by atoms with Gasteiger partial charge in [0, 0.05) is 25.0 Å². The van der Waals surface area contributed by atoms with Gasteiger partial charge in [-0.3, -0.25) is 4.79 Å². The van der Waals surface area contributed by atoms with Crippen molar-refractivity contribution < 1.29 is 18.0 Å². The van der Waals surface area contributed by atoms with Crippen molar-refractivity contribution in [3.05, 3.63) is 17.7 Å². The van der Waals surface area contributed by atoms with Crippen LogP contribution in [-0.4, -0.2) is 32.9 Å². The zero-order valence-corrected chi connectivity index (χ0v) is 12.6. The van der Waals surface area contributed by atoms with Crippen LogP contribution in [0.15, 0.2) is 6.33 Å². The highest BCUT2D eigenvalue weighted by Gasteiger charge is 2.49. The van der Waals surface area contributed by atoms with E-state index in [4.69, 9.17) is 5.73 Å². The van der Waals surface area contributed by atoms with E-state index in [9.17, 15) is 18.0 Å². The number of nitrogens with two attached hydrogens (primary N) is 1. The van der Waals surface area contributed by atoms with Crippen molar-refractivity contribution >= 4 is 5.91 Å². The zero-order chi connectivity index (χ0) is 16.4. The number of carbonyl (C=O) groups excluding carboxylic acids is 1. The van der Waals surface area contributed by atoms with Gasteiger partial charge >= 0.3 is 6.18 Å². The molecular weight excluding hydrogens is 309 g/mol. The van der Waals surface area contributed by atoms with E-state index in [0.29, 0.717) is 24.9 Å². The molecule has 4 rings (SSSR count). The summed E-state index contributed by atoms with van der Waals surface area (Å²) in [4.78, 5) is 17.7. The summed E-state index contributed by atoms with van der Waals surface area (Å²) >= 11 is 0. The lowest BCUT2D eigenvalue weighted by Crippen LogP contribution is -2.44. The number of rotatable bonds is 1. The van der Waals surface area contributed by atoms with Crippen LogP contribution in [-0.2, 0) is 24.1 Å². The molecule has 2 heterocycles. The van der Waals surface area contributed by atoms with E-state index in [1.54, 1.807) is 4.90 Å². The maximum atomic E-state index is 13.0. The lowest BCUT2D eigenvalue weighted by Gasteiger charge is -2.37. The van der Waals surface area contributed by atoms with E-state index < -0.39 is 11.9 Å². The van der Waals surface area contributed by atoms with Crippen LogP contribution in [0.1, 0.15) is 30.7 Å². The molecule has 1 aliphatic heterocycles. The predicted octanol–water partition coefficient (Wildman–Crippen LogP) is 1.62. The first kappa shape index (κ1) is 15.0. The van der Waals surface area contributed by atoms with Crippen LogP contribution >= 0.6 is 0 Å². The largest absolute Gasteiger partial charge is 0.435 e. The van der Waals surface area contributed by atoms with Crippen molar-refractivity contribution in [2.75, 3.05) is 6.54 Å². The Labute approximate surface area is 131 Å². The summed E-state index contributed by atoms with van der Waals surface area (Å²) in [7, 11) is 0. The number of fused-ring (bicyclic) bond motifs is 2. The summed E-state index contributed by atoms with van der Waals surface area (Å²) < 4.78 is 40.5. The van der Waals surface area contributed by atoms with Crippen LogP contribution in [0.25, 0.3) is 0 Å². The quantitative estimate of drug-likeness (QED) is 0.852. The Bertz CT molecular complexity index is 641. The van der Waals surface area contributed by atoms with E-state index in [-0.39, 0.29) is 30.1 Å². The SMILES string of the molecule is NC1CC2CC(C(=O)N3CCn4cnc(C(F)(F)F)c4C3)CC12. The lowest BCUT2D eigenvalue weighted by molar-refractivity contribution is -0.144. The van der Waals surface area contributed by atoms with Crippen LogP contribution in [0.5, 0.6) is 0 Å². The van der Waals surface area contributed by atoms with Crippen LogP contribution in [0.4, 0.5) is 13.2 Å². The summed E-state index contributed by atoms with van der Waals surface area (Å²) in [5, 5.41) is 0. The fourth-order valence-electron chi connectivity index (χ4n) is 4.42. The van der Waals surface area contributed by atoms with Gasteiger partial charge in [0.25, 0.3) is 0 Å². The van der Waals surface area contributed by atoms with Crippen LogP contribution < -0.4 is 5.73 Å². The molecule has 2 aliphatic carbocycles. The minimum atomic E-state index is -4.48. The van der Waals surface area contributed by atoms with Crippen LogP contribution in [0, 0.1) is 17.8 Å². The monoisotopic (exact) mass is 328 g/mol. The van der Waals surface area contributed by atoms with Crippen molar-refractivity contribution in [2.45, 2.75) is 44.6 Å². The van der Waals surface area contributed by atoms with E-state index >= 15 is 0 Å². The molecule has 0 aromatic carbocycles. The standard InChI is InChI=1S/C15H19F3N4O/c16-15(17,18)13-12-6-21(1-2-22(12)7-20-13)14(23)9-3-8-5-11(19)10(8)4-9/h7-11H,1-6,19H2. The molecule has 0 radical (unpaired) electrons. The number of aromatic nitrogens is 2. The highest BCUT2D eigenvalue weighted by molar-refractivity contribution is 5.79. The number of alkyl halides is 3. The van der Waals surface area contributed by atoms with Crippen LogP contribution in [0.3, 0.4) is 0 Å². The number of halogens is 3. The summed E-state index contributed by atoms with van der Waals surface area (Å²) in [6.07, 6.45) is -0.675. The Kier molecular flexibility index (Phi) is 3.23. The number of imidazole rings is 1. The van der Waals surface area contributed by atoms with Gasteiger partial charge in [0.15, 0.2) is 5.69 Å². The Hall–Kier alpha value is -1.57. The van der Waals surface area contributed by atoms with Crippen LogP contribution in [0.2, 0.25) is 0 Å². The average molecular weight is 328 g/mol. The van der Waals surface area contributed by atoms with Gasteiger partial charge in [0.2, 0.25) is 5.91 Å². The normalized spacial score (nSPS) is 33.1. The van der Waals surface area contributed by atoms with Gasteiger partial charge in [-0.15, -0.1) is 0 Å². The molecule has 2 fully saturated rings. The fourth-order valence-corrected chi connectivity index (χ4v) is 4.42. The summed E-state index contributed by atoms with van der Waals surface area (Å²) in [6, 6.07) is 0.192. The molecule has 1 aromatic heterocycles. The number of hydrogen-bond donors (Lipinski definition) is 1. The smallest absolute Gasteiger partial charge is 0.335 e. The second kappa shape index (κ2) is 4.96. The van der Waals surface area contributed by atoms with Gasteiger partial charge in [0.05, 0.1) is 18.6 Å². The Balaban J connectivity index is 1.50. The molecule has 126 valence electrons. The van der Waals surface area contributed by atoms with Gasteiger partial charge < -0.3 is 15.2 Å². The maximum absolute atomic E-state index is 13.0. The second-order valence-electron chi connectivity index (χ2n) is 6.98. The molecule has 4 atom stereocenters. The molecule has 0 bridgehead atoms. The van der Waals surface area contributed by atoms with Gasteiger partial charge in [-0.2, -0.15) is 13.2 Å². The summed E-state index contributed by atoms with van der Waals surface area (Å²) in [6.45, 7) is 0.798. The van der Waals surface area contributed by atoms with E-state index in [1.807, 2.05) is 0 Å². The lowest BCUT2D eigenvalue weighted by atomic mass is 9.72. The third-order valence-electron chi connectivity index (χ3n) is 5.70. The summed E-state index contributed by atoms with van der Waals surface area (Å²) in [5.74, 6) is 0.847. The molecule has 0 saturated heterocycles. The first-order valence-electron chi connectivity index (χ1n) is 8.00. The first-order chi connectivity index (χ1) is 10.8. The van der Waals surface area contributed by atoms with Crippen molar-refractivity contribution in [1.29, 1.82) is 0 Å². The number of hydrogen-bond acceptors (Lipinski definition) is 3. The second-order valence-corrected chi connectivity index (χ2v) is 6.98. The Morgan fingerprint density at radius 1 is 1.26 bits per heavy atom. The molecule has 3 aliphatic rings. The van der Waals surface area contributed by atoms with Gasteiger partial charge in [-0.05, 0) is 31.1 Å². The topological polar surface area (TPSA) is 64.2 Å². The number of nitrogens with zero attached hydrogens (tertiary/aromatic N) is 3. The molecule has 23 heavy (non-hydrogen) atoms. The van der Waals surface area contributed by atoms with Gasteiger partial charge in [0.1, 0.15) is 0 Å². The first-order valence-corrected chi connectivity index (χ1v) is 8.00. The molecule has 4 unspecified atom stereocenters. The minimum Gasteiger partial charge on any atom is -0.335 e. The van der Waals surface area contributed by atoms with Gasteiger partial charge in [-0.25, -0.2) is 4.98 Å². The number of carbonyl (C=O) groups is 1. The molecule has 5 nitrogen and oxygen atoms in total.